The van der Waals surface area contributed by atoms with E-state index in [4.69, 9.17) is 15.2 Å². The number of aromatic nitrogens is 2. The molecule has 0 bridgehead atoms. The molecule has 1 atom stereocenters. The van der Waals surface area contributed by atoms with Crippen molar-refractivity contribution in [3.63, 3.8) is 0 Å². The Hall–Kier alpha value is -3.27. The zero-order valence-corrected chi connectivity index (χ0v) is 15.6. The van der Waals surface area contributed by atoms with Gasteiger partial charge in [0.1, 0.15) is 11.6 Å². The Morgan fingerprint density at radius 2 is 2.11 bits per heavy atom. The number of carbonyl (C=O) groups is 1. The molecule has 0 spiro atoms. The van der Waals surface area contributed by atoms with Gasteiger partial charge in [-0.25, -0.2) is 0 Å². The van der Waals surface area contributed by atoms with Crippen LogP contribution in [0.25, 0.3) is 0 Å². The molecule has 0 saturated heterocycles. The Bertz CT molecular complexity index is 920. The third-order valence-electron chi connectivity index (χ3n) is 4.58. The van der Waals surface area contributed by atoms with Crippen molar-refractivity contribution in [2.24, 2.45) is 5.73 Å². The van der Waals surface area contributed by atoms with Crippen molar-refractivity contribution < 1.29 is 14.3 Å². The number of hydrogen-bond acceptors (Lipinski definition) is 6. The molecule has 27 heavy (non-hydrogen) atoms. The smallest absolute Gasteiger partial charge is 0.311 e. The van der Waals surface area contributed by atoms with Crippen molar-refractivity contribution in [1.29, 1.82) is 5.26 Å². The molecule has 140 valence electrons. The van der Waals surface area contributed by atoms with Crippen LogP contribution in [0.3, 0.4) is 0 Å². The predicted molar refractivity (Wildman–Crippen MR) is 98.8 cm³/mol. The second kappa shape index (κ2) is 7.54. The molecule has 1 aliphatic rings. The fraction of sp³-hybridized carbons (Fsp3) is 0.350. The van der Waals surface area contributed by atoms with Crippen LogP contribution in [-0.4, -0.2) is 22.8 Å². The molecule has 1 aliphatic heterocycles. The Labute approximate surface area is 157 Å². The van der Waals surface area contributed by atoms with Gasteiger partial charge in [-0.1, -0.05) is 38.1 Å². The van der Waals surface area contributed by atoms with Crippen molar-refractivity contribution in [2.45, 2.75) is 39.0 Å². The summed E-state index contributed by atoms with van der Waals surface area (Å²) >= 11 is 0. The number of esters is 1. The van der Waals surface area contributed by atoms with Crippen LogP contribution in [-0.2, 0) is 16.0 Å². The van der Waals surface area contributed by atoms with Gasteiger partial charge in [0.25, 0.3) is 0 Å². The summed E-state index contributed by atoms with van der Waals surface area (Å²) in [5.41, 5.74) is 9.54. The molecule has 1 aromatic heterocycles. The van der Waals surface area contributed by atoms with E-state index in [2.05, 4.69) is 30.1 Å². The molecule has 1 aromatic carbocycles. The van der Waals surface area contributed by atoms with Crippen LogP contribution in [0, 0.1) is 11.3 Å². The molecule has 0 saturated carbocycles. The number of ether oxygens (including phenoxy) is 2. The van der Waals surface area contributed by atoms with E-state index in [1.54, 1.807) is 6.92 Å². The van der Waals surface area contributed by atoms with E-state index in [1.807, 2.05) is 24.3 Å². The highest BCUT2D eigenvalue weighted by Crippen LogP contribution is 2.43. The van der Waals surface area contributed by atoms with Gasteiger partial charge < -0.3 is 15.2 Å². The van der Waals surface area contributed by atoms with Crippen LogP contribution >= 0.6 is 0 Å². The highest BCUT2D eigenvalue weighted by atomic mass is 16.5. The average Bonchev–Trinajstić information content (AvgIpc) is 3.02. The van der Waals surface area contributed by atoms with Crippen LogP contribution in [0.4, 0.5) is 0 Å². The molecular formula is C20H22N4O3. The molecule has 0 aliphatic carbocycles. The number of nitrogens with one attached hydrogen (secondary N) is 1. The molecular weight excluding hydrogens is 344 g/mol. The van der Waals surface area contributed by atoms with Gasteiger partial charge in [0.2, 0.25) is 11.8 Å². The molecule has 2 heterocycles. The lowest BCUT2D eigenvalue weighted by molar-refractivity contribution is -0.142. The molecule has 7 heteroatoms. The number of nitriles is 1. The molecule has 3 N–H and O–H groups in total. The minimum Gasteiger partial charge on any atom is -0.466 e. The Morgan fingerprint density at radius 1 is 1.41 bits per heavy atom. The summed E-state index contributed by atoms with van der Waals surface area (Å²) < 4.78 is 10.5. The average molecular weight is 366 g/mol. The number of aromatic amines is 1. The van der Waals surface area contributed by atoms with Crippen LogP contribution in [0.2, 0.25) is 0 Å². The normalized spacial score (nSPS) is 15.9. The van der Waals surface area contributed by atoms with Gasteiger partial charge in [-0.15, -0.1) is 5.10 Å². The lowest BCUT2D eigenvalue weighted by atomic mass is 9.83. The van der Waals surface area contributed by atoms with E-state index in [0.717, 1.165) is 5.56 Å². The van der Waals surface area contributed by atoms with Crippen LogP contribution in [0.15, 0.2) is 35.7 Å². The second-order valence-electron chi connectivity index (χ2n) is 6.65. The largest absolute Gasteiger partial charge is 0.466 e. The van der Waals surface area contributed by atoms with E-state index in [9.17, 15) is 10.1 Å². The van der Waals surface area contributed by atoms with E-state index in [-0.39, 0.29) is 24.2 Å². The first-order valence-electron chi connectivity index (χ1n) is 8.86. The predicted octanol–water partition coefficient (Wildman–Crippen LogP) is 2.86. The van der Waals surface area contributed by atoms with Gasteiger partial charge >= 0.3 is 5.97 Å². The van der Waals surface area contributed by atoms with Crippen LogP contribution in [0.1, 0.15) is 55.0 Å². The number of benzene rings is 1. The molecule has 0 radical (unpaired) electrons. The number of nitrogens with zero attached hydrogens (tertiary/aromatic N) is 2. The summed E-state index contributed by atoms with van der Waals surface area (Å²) in [5.74, 6) is -0.128. The number of rotatable bonds is 5. The standard InChI is InChI=1S/C20H22N4O3/c1-4-26-16(25)9-15-18-17(13-7-5-12(6-8-13)11(2)3)14(10-21)19(22)27-20(18)24-23-15/h5-8,11,17H,4,9,22H2,1-3H3,(H,23,24). The van der Waals surface area contributed by atoms with Gasteiger partial charge in [0, 0.05) is 0 Å². The molecule has 2 aromatic rings. The van der Waals surface area contributed by atoms with E-state index >= 15 is 0 Å². The quantitative estimate of drug-likeness (QED) is 0.787. The van der Waals surface area contributed by atoms with Gasteiger partial charge in [0.05, 0.1) is 30.2 Å². The van der Waals surface area contributed by atoms with E-state index in [1.165, 1.54) is 5.56 Å². The fourth-order valence-corrected chi connectivity index (χ4v) is 3.21. The number of allylic oxidation sites excluding steroid dienone is 1. The molecule has 0 fully saturated rings. The van der Waals surface area contributed by atoms with Gasteiger partial charge in [0.15, 0.2) is 0 Å². The monoisotopic (exact) mass is 366 g/mol. The molecule has 3 rings (SSSR count). The summed E-state index contributed by atoms with van der Waals surface area (Å²) in [7, 11) is 0. The third-order valence-corrected chi connectivity index (χ3v) is 4.58. The lowest BCUT2D eigenvalue weighted by Gasteiger charge is -2.24. The Balaban J connectivity index is 2.07. The Morgan fingerprint density at radius 3 is 2.70 bits per heavy atom. The summed E-state index contributed by atoms with van der Waals surface area (Å²) in [6.07, 6.45) is 0.0126. The summed E-state index contributed by atoms with van der Waals surface area (Å²) in [6, 6.07) is 10.2. The second-order valence-corrected chi connectivity index (χ2v) is 6.65. The highest BCUT2D eigenvalue weighted by Gasteiger charge is 2.35. The number of fused-ring (bicyclic) bond motifs is 1. The van der Waals surface area contributed by atoms with Crippen molar-refractivity contribution in [1.82, 2.24) is 10.2 Å². The maximum Gasteiger partial charge on any atom is 0.311 e. The SMILES string of the molecule is CCOC(=O)Cc1[nH]nc2c1C(c1ccc(C(C)C)cc1)C(C#N)=C(N)O2. The zero-order valence-electron chi connectivity index (χ0n) is 15.6. The lowest BCUT2D eigenvalue weighted by Crippen LogP contribution is -2.22. The topological polar surface area (TPSA) is 114 Å². The molecule has 7 nitrogen and oxygen atoms in total. The number of nitrogens with two attached hydrogens (primary N) is 1. The minimum absolute atomic E-state index is 0.0126. The van der Waals surface area contributed by atoms with Crippen molar-refractivity contribution >= 4 is 5.97 Å². The maximum atomic E-state index is 12.0. The third kappa shape index (κ3) is 3.51. The van der Waals surface area contributed by atoms with Crippen molar-refractivity contribution in [3.05, 3.63) is 58.1 Å². The summed E-state index contributed by atoms with van der Waals surface area (Å²) in [6.45, 7) is 6.28. The highest BCUT2D eigenvalue weighted by molar-refractivity contribution is 5.73. The van der Waals surface area contributed by atoms with Gasteiger partial charge in [-0.3, -0.25) is 9.89 Å². The minimum atomic E-state index is -0.455. The first-order valence-corrected chi connectivity index (χ1v) is 8.86. The summed E-state index contributed by atoms with van der Waals surface area (Å²) in [4.78, 5) is 12.0. The first kappa shape index (κ1) is 18.5. The summed E-state index contributed by atoms with van der Waals surface area (Å²) in [5, 5.41) is 16.6. The van der Waals surface area contributed by atoms with Crippen molar-refractivity contribution in [2.75, 3.05) is 6.61 Å². The zero-order chi connectivity index (χ0) is 19.6. The first-order chi connectivity index (χ1) is 13.0. The fourth-order valence-electron chi connectivity index (χ4n) is 3.21. The van der Waals surface area contributed by atoms with Gasteiger partial charge in [-0.05, 0) is 24.0 Å². The number of carbonyl (C=O) groups excluding carboxylic acids is 1. The van der Waals surface area contributed by atoms with E-state index < -0.39 is 5.92 Å². The molecule has 1 unspecified atom stereocenters. The van der Waals surface area contributed by atoms with Crippen LogP contribution in [0.5, 0.6) is 5.88 Å². The van der Waals surface area contributed by atoms with Gasteiger partial charge in [-0.2, -0.15) is 5.26 Å². The van der Waals surface area contributed by atoms with E-state index in [0.29, 0.717) is 29.4 Å². The maximum absolute atomic E-state index is 12.0. The molecule has 0 amide bonds. The number of hydrogen-bond donors (Lipinski definition) is 2. The van der Waals surface area contributed by atoms with Crippen molar-refractivity contribution in [3.8, 4) is 11.9 Å². The van der Waals surface area contributed by atoms with Crippen LogP contribution < -0.4 is 10.5 Å². The number of H-pyrrole nitrogens is 1. The Kier molecular flexibility index (Phi) is 5.17.